The van der Waals surface area contributed by atoms with Crippen LogP contribution in [-0.2, 0) is 11.3 Å². The number of fused-ring (bicyclic) bond motifs is 1. The second kappa shape index (κ2) is 4.10. The standard InChI is InChI=1S/C13H11N3O2/c1-8-5-15-12(16-8)6-14-11-4-2-3-9-10(11)7-18-13(9)17/h2-6H,7H2,1H3,(H,15,16). The molecule has 1 aliphatic heterocycles. The van der Waals surface area contributed by atoms with E-state index >= 15 is 0 Å². The molecule has 1 aliphatic rings. The number of hydrogen-bond donors (Lipinski definition) is 1. The van der Waals surface area contributed by atoms with Crippen molar-refractivity contribution < 1.29 is 9.53 Å². The minimum Gasteiger partial charge on any atom is -0.457 e. The number of nitrogens with one attached hydrogen (secondary N) is 1. The molecule has 5 nitrogen and oxygen atoms in total. The van der Waals surface area contributed by atoms with Crippen LogP contribution in [0.15, 0.2) is 29.4 Å². The maximum atomic E-state index is 11.4. The molecule has 0 radical (unpaired) electrons. The van der Waals surface area contributed by atoms with Crippen LogP contribution >= 0.6 is 0 Å². The number of carbonyl (C=O) groups excluding carboxylic acids is 1. The van der Waals surface area contributed by atoms with Crippen LogP contribution in [0, 0.1) is 6.92 Å². The molecule has 0 saturated heterocycles. The van der Waals surface area contributed by atoms with Crippen molar-refractivity contribution in [3.05, 3.63) is 47.0 Å². The van der Waals surface area contributed by atoms with Gasteiger partial charge in [0.1, 0.15) is 12.4 Å². The van der Waals surface area contributed by atoms with Crippen molar-refractivity contribution in [2.75, 3.05) is 0 Å². The summed E-state index contributed by atoms with van der Waals surface area (Å²) in [7, 11) is 0. The Morgan fingerprint density at radius 3 is 3.17 bits per heavy atom. The van der Waals surface area contributed by atoms with Crippen molar-refractivity contribution in [2.24, 2.45) is 4.99 Å². The van der Waals surface area contributed by atoms with Gasteiger partial charge in [-0.1, -0.05) is 6.07 Å². The van der Waals surface area contributed by atoms with E-state index in [0.717, 1.165) is 16.9 Å². The van der Waals surface area contributed by atoms with E-state index in [2.05, 4.69) is 15.0 Å². The van der Waals surface area contributed by atoms with Crippen LogP contribution in [-0.4, -0.2) is 22.2 Å². The summed E-state index contributed by atoms with van der Waals surface area (Å²) in [6, 6.07) is 5.40. The van der Waals surface area contributed by atoms with Gasteiger partial charge in [0.25, 0.3) is 0 Å². The van der Waals surface area contributed by atoms with E-state index in [1.54, 1.807) is 24.5 Å². The molecule has 1 N–H and O–H groups in total. The Morgan fingerprint density at radius 1 is 1.50 bits per heavy atom. The van der Waals surface area contributed by atoms with Crippen molar-refractivity contribution in [3.63, 3.8) is 0 Å². The fourth-order valence-corrected chi connectivity index (χ4v) is 1.88. The SMILES string of the molecule is Cc1cnc(C=Nc2cccc3c2COC3=O)[nH]1. The Balaban J connectivity index is 1.94. The molecule has 5 heteroatoms. The maximum absolute atomic E-state index is 11.4. The minimum atomic E-state index is -0.282. The molecule has 0 bridgehead atoms. The van der Waals surface area contributed by atoms with E-state index in [-0.39, 0.29) is 5.97 Å². The van der Waals surface area contributed by atoms with Crippen molar-refractivity contribution >= 4 is 17.9 Å². The fraction of sp³-hybridized carbons (Fsp3) is 0.154. The largest absolute Gasteiger partial charge is 0.457 e. The molecule has 0 aliphatic carbocycles. The van der Waals surface area contributed by atoms with Gasteiger partial charge in [0.2, 0.25) is 0 Å². The Bertz CT molecular complexity index is 643. The van der Waals surface area contributed by atoms with Crippen LogP contribution in [0.25, 0.3) is 0 Å². The van der Waals surface area contributed by atoms with Gasteiger partial charge >= 0.3 is 5.97 Å². The zero-order valence-electron chi connectivity index (χ0n) is 9.80. The lowest BCUT2D eigenvalue weighted by molar-refractivity contribution is 0.0535. The molecule has 0 unspecified atom stereocenters. The summed E-state index contributed by atoms with van der Waals surface area (Å²) in [5.74, 6) is 0.409. The highest BCUT2D eigenvalue weighted by Crippen LogP contribution is 2.29. The highest BCUT2D eigenvalue weighted by molar-refractivity contribution is 5.95. The number of nitrogens with zero attached hydrogens (tertiary/aromatic N) is 2. The van der Waals surface area contributed by atoms with Crippen molar-refractivity contribution in [2.45, 2.75) is 13.5 Å². The molecular formula is C13H11N3O2. The number of aryl methyl sites for hydroxylation is 1. The average molecular weight is 241 g/mol. The third-order valence-corrected chi connectivity index (χ3v) is 2.77. The molecule has 0 atom stereocenters. The molecule has 3 rings (SSSR count). The summed E-state index contributed by atoms with van der Waals surface area (Å²) in [6.07, 6.45) is 3.38. The van der Waals surface area contributed by atoms with Crippen molar-refractivity contribution in [1.29, 1.82) is 0 Å². The predicted molar refractivity (Wildman–Crippen MR) is 66.1 cm³/mol. The quantitative estimate of drug-likeness (QED) is 0.647. The molecule has 1 aromatic heterocycles. The predicted octanol–water partition coefficient (Wildman–Crippen LogP) is 2.14. The normalized spacial score (nSPS) is 13.9. The first-order valence-electron chi connectivity index (χ1n) is 5.59. The summed E-state index contributed by atoms with van der Waals surface area (Å²) >= 11 is 0. The Morgan fingerprint density at radius 2 is 2.39 bits per heavy atom. The number of H-pyrrole nitrogens is 1. The Hall–Kier alpha value is -2.43. The number of aliphatic imine (C=N–C) groups is 1. The van der Waals surface area contributed by atoms with Crippen LogP contribution in [0.5, 0.6) is 0 Å². The van der Waals surface area contributed by atoms with Crippen molar-refractivity contribution in [3.8, 4) is 0 Å². The zero-order chi connectivity index (χ0) is 12.5. The van der Waals surface area contributed by atoms with E-state index in [1.165, 1.54) is 0 Å². The summed E-state index contributed by atoms with van der Waals surface area (Å²) in [6.45, 7) is 2.22. The monoisotopic (exact) mass is 241 g/mol. The van der Waals surface area contributed by atoms with E-state index in [1.807, 2.05) is 13.0 Å². The Labute approximate surface area is 104 Å². The van der Waals surface area contributed by atoms with Crippen molar-refractivity contribution in [1.82, 2.24) is 9.97 Å². The second-order valence-corrected chi connectivity index (χ2v) is 4.09. The van der Waals surface area contributed by atoms with E-state index in [9.17, 15) is 4.79 Å². The van der Waals surface area contributed by atoms with Gasteiger partial charge in [-0.25, -0.2) is 9.78 Å². The first-order valence-corrected chi connectivity index (χ1v) is 5.59. The van der Waals surface area contributed by atoms with E-state index in [0.29, 0.717) is 18.0 Å². The van der Waals surface area contributed by atoms with Gasteiger partial charge in [0, 0.05) is 17.5 Å². The number of aromatic nitrogens is 2. The van der Waals surface area contributed by atoms with Crippen LogP contribution < -0.4 is 0 Å². The molecule has 2 aromatic rings. The number of cyclic esters (lactones) is 1. The molecule has 0 amide bonds. The van der Waals surface area contributed by atoms with Gasteiger partial charge in [0.15, 0.2) is 0 Å². The Kier molecular flexibility index (Phi) is 2.44. The topological polar surface area (TPSA) is 67.3 Å². The van der Waals surface area contributed by atoms with Crippen LogP contribution in [0.3, 0.4) is 0 Å². The second-order valence-electron chi connectivity index (χ2n) is 4.09. The maximum Gasteiger partial charge on any atom is 0.338 e. The summed E-state index contributed by atoms with van der Waals surface area (Å²) in [5, 5.41) is 0. The van der Waals surface area contributed by atoms with Gasteiger partial charge in [-0.05, 0) is 19.1 Å². The number of ether oxygens (including phenoxy) is 1. The summed E-state index contributed by atoms with van der Waals surface area (Å²) < 4.78 is 4.98. The number of rotatable bonds is 2. The molecule has 2 heterocycles. The third-order valence-electron chi connectivity index (χ3n) is 2.77. The molecule has 0 spiro atoms. The van der Waals surface area contributed by atoms with E-state index < -0.39 is 0 Å². The zero-order valence-corrected chi connectivity index (χ0v) is 9.80. The van der Waals surface area contributed by atoms with Gasteiger partial charge in [-0.15, -0.1) is 0 Å². The summed E-state index contributed by atoms with van der Waals surface area (Å²) in [5.41, 5.74) is 3.16. The number of imidazole rings is 1. The number of esters is 1. The minimum absolute atomic E-state index is 0.282. The molecule has 1 aromatic carbocycles. The van der Waals surface area contributed by atoms with Gasteiger partial charge in [0.05, 0.1) is 17.5 Å². The van der Waals surface area contributed by atoms with Gasteiger partial charge < -0.3 is 9.72 Å². The number of benzene rings is 1. The lowest BCUT2D eigenvalue weighted by Gasteiger charge is -1.98. The molecule has 18 heavy (non-hydrogen) atoms. The number of carbonyl (C=O) groups is 1. The van der Waals surface area contributed by atoms with Gasteiger partial charge in [-0.2, -0.15) is 0 Å². The lowest BCUT2D eigenvalue weighted by Crippen LogP contribution is -1.92. The molecule has 0 fully saturated rings. The highest BCUT2D eigenvalue weighted by atomic mass is 16.5. The lowest BCUT2D eigenvalue weighted by atomic mass is 10.1. The molecule has 90 valence electrons. The smallest absolute Gasteiger partial charge is 0.338 e. The van der Waals surface area contributed by atoms with E-state index in [4.69, 9.17) is 4.74 Å². The summed E-state index contributed by atoms with van der Waals surface area (Å²) in [4.78, 5) is 22.9. The van der Waals surface area contributed by atoms with Crippen LogP contribution in [0.1, 0.15) is 27.4 Å². The van der Waals surface area contributed by atoms with Crippen LogP contribution in [0.2, 0.25) is 0 Å². The first kappa shape index (κ1) is 10.7. The number of hydrogen-bond acceptors (Lipinski definition) is 4. The molecule has 0 saturated carbocycles. The van der Waals surface area contributed by atoms with Gasteiger partial charge in [-0.3, -0.25) is 4.99 Å². The first-order chi connectivity index (χ1) is 8.74. The average Bonchev–Trinajstić information content (AvgIpc) is 2.94. The highest BCUT2D eigenvalue weighted by Gasteiger charge is 2.23. The third kappa shape index (κ3) is 1.79. The molecular weight excluding hydrogens is 230 g/mol. The number of aromatic amines is 1. The van der Waals surface area contributed by atoms with Crippen LogP contribution in [0.4, 0.5) is 5.69 Å². The fourth-order valence-electron chi connectivity index (χ4n) is 1.88.